The van der Waals surface area contributed by atoms with E-state index in [4.69, 9.17) is 11.6 Å². The Morgan fingerprint density at radius 3 is 2.66 bits per heavy atom. The van der Waals surface area contributed by atoms with E-state index >= 15 is 0 Å². The molecule has 1 aliphatic heterocycles. The quantitative estimate of drug-likeness (QED) is 0.694. The van der Waals surface area contributed by atoms with Crippen molar-refractivity contribution in [1.82, 2.24) is 14.7 Å². The molecule has 0 spiro atoms. The molecule has 4 rings (SSSR count). The van der Waals surface area contributed by atoms with Crippen LogP contribution in [-0.4, -0.2) is 53.3 Å². The Kier molecular flexibility index (Phi) is 5.83. The highest BCUT2D eigenvalue weighted by molar-refractivity contribution is 6.31. The molecule has 2 heterocycles. The zero-order chi connectivity index (χ0) is 20.2. The number of carbonyl (C=O) groups is 1. The summed E-state index contributed by atoms with van der Waals surface area (Å²) in [5.74, 6) is -0.172. The van der Waals surface area contributed by atoms with Crippen molar-refractivity contribution in [2.24, 2.45) is 0 Å². The first kappa shape index (κ1) is 19.5. The fourth-order valence-electron chi connectivity index (χ4n) is 3.59. The summed E-state index contributed by atoms with van der Waals surface area (Å²) in [7, 11) is 0. The molecule has 6 nitrogen and oxygen atoms in total. The van der Waals surface area contributed by atoms with Crippen molar-refractivity contribution in [3.8, 4) is 5.69 Å². The zero-order valence-electron chi connectivity index (χ0n) is 16.4. The highest BCUT2D eigenvalue weighted by atomic mass is 35.5. The summed E-state index contributed by atoms with van der Waals surface area (Å²) in [5, 5.41) is 7.88. The molecule has 0 radical (unpaired) electrons. The van der Waals surface area contributed by atoms with Gasteiger partial charge in [0.15, 0.2) is 0 Å². The van der Waals surface area contributed by atoms with Crippen molar-refractivity contribution in [3.63, 3.8) is 0 Å². The van der Waals surface area contributed by atoms with Crippen molar-refractivity contribution in [3.05, 3.63) is 71.5 Å². The second kappa shape index (κ2) is 8.68. The third-order valence-corrected chi connectivity index (χ3v) is 5.48. The number of hydrogen-bond acceptors (Lipinski definition) is 4. The molecule has 0 unspecified atom stereocenters. The Balaban J connectivity index is 1.56. The highest BCUT2D eigenvalue weighted by Crippen LogP contribution is 2.30. The molecule has 0 atom stereocenters. The van der Waals surface area contributed by atoms with Gasteiger partial charge in [0.25, 0.3) is 5.91 Å². The predicted octanol–water partition coefficient (Wildman–Crippen LogP) is 3.92. The molecular weight excluding hydrogens is 386 g/mol. The highest BCUT2D eigenvalue weighted by Gasteiger charge is 2.20. The summed E-state index contributed by atoms with van der Waals surface area (Å²) in [4.78, 5) is 17.7. The fraction of sp³-hybridized carbons (Fsp3) is 0.273. The largest absolute Gasteiger partial charge is 0.367 e. The lowest BCUT2D eigenvalue weighted by Crippen LogP contribution is -2.46. The Labute approximate surface area is 175 Å². The average Bonchev–Trinajstić information content (AvgIpc) is 3.29. The number of halogens is 1. The molecule has 1 amide bonds. The molecule has 0 bridgehead atoms. The van der Waals surface area contributed by atoms with E-state index in [0.717, 1.165) is 49.8 Å². The van der Waals surface area contributed by atoms with Crippen LogP contribution in [0.1, 0.15) is 17.3 Å². The fourth-order valence-corrected chi connectivity index (χ4v) is 3.77. The molecule has 1 fully saturated rings. The predicted molar refractivity (Wildman–Crippen MR) is 117 cm³/mol. The van der Waals surface area contributed by atoms with E-state index in [1.165, 1.54) is 0 Å². The Hall–Kier alpha value is -2.83. The number of hydrogen-bond donors (Lipinski definition) is 1. The average molecular weight is 410 g/mol. The Morgan fingerprint density at radius 1 is 1.10 bits per heavy atom. The minimum absolute atomic E-state index is 0.172. The SMILES string of the molecule is CCN1CCN(c2ccc(Cl)cc2NC(=O)c2cccc(-n3cccn3)c2)CC1. The summed E-state index contributed by atoms with van der Waals surface area (Å²) >= 11 is 6.23. The monoisotopic (exact) mass is 409 g/mol. The molecule has 7 heteroatoms. The van der Waals surface area contributed by atoms with E-state index in [1.807, 2.05) is 48.7 Å². The summed E-state index contributed by atoms with van der Waals surface area (Å²) in [6, 6.07) is 14.9. The van der Waals surface area contributed by atoms with Gasteiger partial charge in [-0.15, -0.1) is 0 Å². The second-order valence-electron chi connectivity index (χ2n) is 7.04. The number of nitrogens with zero attached hydrogens (tertiary/aromatic N) is 4. The second-order valence-corrected chi connectivity index (χ2v) is 7.47. The maximum atomic E-state index is 13.0. The van der Waals surface area contributed by atoms with Crippen LogP contribution in [0.15, 0.2) is 60.9 Å². The molecule has 1 saturated heterocycles. The third kappa shape index (κ3) is 4.44. The lowest BCUT2D eigenvalue weighted by molar-refractivity contribution is 0.102. The van der Waals surface area contributed by atoms with Crippen LogP contribution in [0.5, 0.6) is 0 Å². The van der Waals surface area contributed by atoms with Gasteiger partial charge in [-0.2, -0.15) is 5.10 Å². The van der Waals surface area contributed by atoms with Crippen LogP contribution < -0.4 is 10.2 Å². The number of nitrogens with one attached hydrogen (secondary N) is 1. The minimum Gasteiger partial charge on any atom is -0.367 e. The summed E-state index contributed by atoms with van der Waals surface area (Å²) < 4.78 is 1.73. The number of carbonyl (C=O) groups excluding carboxylic acids is 1. The van der Waals surface area contributed by atoms with E-state index in [2.05, 4.69) is 27.1 Å². The number of piperazine rings is 1. The van der Waals surface area contributed by atoms with Crippen molar-refractivity contribution in [2.75, 3.05) is 42.9 Å². The van der Waals surface area contributed by atoms with Gasteiger partial charge in [-0.05, 0) is 49.0 Å². The molecule has 1 aliphatic rings. The number of rotatable bonds is 5. The van der Waals surface area contributed by atoms with E-state index in [9.17, 15) is 4.79 Å². The van der Waals surface area contributed by atoms with Crippen LogP contribution in [0, 0.1) is 0 Å². The molecule has 3 aromatic rings. The van der Waals surface area contributed by atoms with Crippen molar-refractivity contribution in [1.29, 1.82) is 0 Å². The molecule has 0 saturated carbocycles. The maximum Gasteiger partial charge on any atom is 0.255 e. The topological polar surface area (TPSA) is 53.4 Å². The van der Waals surface area contributed by atoms with Gasteiger partial charge in [-0.1, -0.05) is 24.6 Å². The summed E-state index contributed by atoms with van der Waals surface area (Å²) in [5.41, 5.74) is 3.14. The van der Waals surface area contributed by atoms with Crippen LogP contribution in [-0.2, 0) is 0 Å². The van der Waals surface area contributed by atoms with Crippen molar-refractivity contribution < 1.29 is 4.79 Å². The number of likely N-dealkylation sites (N-methyl/N-ethyl adjacent to an activating group) is 1. The van der Waals surface area contributed by atoms with E-state index in [-0.39, 0.29) is 5.91 Å². The van der Waals surface area contributed by atoms with Crippen LogP contribution in [0.4, 0.5) is 11.4 Å². The maximum absolute atomic E-state index is 13.0. The van der Waals surface area contributed by atoms with Crippen LogP contribution >= 0.6 is 11.6 Å². The Bertz CT molecular complexity index is 981. The first-order valence-corrected chi connectivity index (χ1v) is 10.2. The minimum atomic E-state index is -0.172. The lowest BCUT2D eigenvalue weighted by Gasteiger charge is -2.36. The van der Waals surface area contributed by atoms with Gasteiger partial charge in [0.2, 0.25) is 0 Å². The van der Waals surface area contributed by atoms with Gasteiger partial charge < -0.3 is 15.1 Å². The lowest BCUT2D eigenvalue weighted by atomic mass is 10.1. The van der Waals surface area contributed by atoms with Crippen LogP contribution in [0.2, 0.25) is 5.02 Å². The van der Waals surface area contributed by atoms with Gasteiger partial charge in [-0.25, -0.2) is 4.68 Å². The smallest absolute Gasteiger partial charge is 0.255 e. The van der Waals surface area contributed by atoms with Crippen molar-refractivity contribution >= 4 is 28.9 Å². The number of aromatic nitrogens is 2. The summed E-state index contributed by atoms with van der Waals surface area (Å²) in [6.07, 6.45) is 3.56. The van der Waals surface area contributed by atoms with E-state index in [1.54, 1.807) is 16.9 Å². The molecule has 1 aromatic heterocycles. The Morgan fingerprint density at radius 2 is 1.93 bits per heavy atom. The van der Waals surface area contributed by atoms with Gasteiger partial charge >= 0.3 is 0 Å². The van der Waals surface area contributed by atoms with Crippen molar-refractivity contribution in [2.45, 2.75) is 6.92 Å². The molecule has 29 heavy (non-hydrogen) atoms. The third-order valence-electron chi connectivity index (χ3n) is 5.24. The number of benzene rings is 2. The normalized spacial score (nSPS) is 14.8. The van der Waals surface area contributed by atoms with Crippen LogP contribution in [0.3, 0.4) is 0 Å². The molecule has 2 aromatic carbocycles. The van der Waals surface area contributed by atoms with Gasteiger partial charge in [0, 0.05) is 49.2 Å². The number of anilines is 2. The number of amides is 1. The van der Waals surface area contributed by atoms with Gasteiger partial charge in [0.1, 0.15) is 0 Å². The molecule has 1 N–H and O–H groups in total. The summed E-state index contributed by atoms with van der Waals surface area (Å²) in [6.45, 7) is 7.11. The molecular formula is C22H24ClN5O. The van der Waals surface area contributed by atoms with Crippen LogP contribution in [0.25, 0.3) is 5.69 Å². The first-order valence-electron chi connectivity index (χ1n) is 9.82. The molecule has 150 valence electrons. The van der Waals surface area contributed by atoms with Gasteiger partial charge in [-0.3, -0.25) is 4.79 Å². The zero-order valence-corrected chi connectivity index (χ0v) is 17.1. The van der Waals surface area contributed by atoms with E-state index < -0.39 is 0 Å². The first-order chi connectivity index (χ1) is 14.1. The molecule has 0 aliphatic carbocycles. The standard InChI is InChI=1S/C22H24ClN5O/c1-2-26-11-13-27(14-12-26)21-8-7-18(23)16-20(21)25-22(29)17-5-3-6-19(15-17)28-10-4-9-24-28/h3-10,15-16H,2,11-14H2,1H3,(H,25,29). The van der Waals surface area contributed by atoms with Gasteiger partial charge in [0.05, 0.1) is 17.1 Å². The van der Waals surface area contributed by atoms with E-state index in [0.29, 0.717) is 10.6 Å².